The lowest BCUT2D eigenvalue weighted by Gasteiger charge is -2.28. The second-order valence-electron chi connectivity index (χ2n) is 6.75. The lowest BCUT2D eigenvalue weighted by atomic mass is 9.84. The first-order valence-electron chi connectivity index (χ1n) is 9.41. The molecule has 0 bridgehead atoms. The van der Waals surface area contributed by atoms with Crippen LogP contribution in [0.4, 0.5) is 0 Å². The fraction of sp³-hybridized carbons (Fsp3) is 0.500. The predicted molar refractivity (Wildman–Crippen MR) is 102 cm³/mol. The molecule has 0 radical (unpaired) electrons. The summed E-state index contributed by atoms with van der Waals surface area (Å²) in [5.41, 5.74) is 2.34. The third-order valence-electron chi connectivity index (χ3n) is 4.76. The van der Waals surface area contributed by atoms with E-state index in [1.54, 1.807) is 30.3 Å². The molecule has 0 aliphatic heterocycles. The molecule has 1 fully saturated rings. The Morgan fingerprint density at radius 3 is 2.52 bits per heavy atom. The SMILES string of the molecule is O=C(/C=C/c1ccc(OCCCN[C@H](C(=O)O)C2CCCCC2)cc1)NO. The first-order chi connectivity index (χ1) is 13.1. The van der Waals surface area contributed by atoms with Crippen LogP contribution in [-0.4, -0.2) is 41.4 Å². The molecule has 0 heterocycles. The van der Waals surface area contributed by atoms with Crippen molar-refractivity contribution < 1.29 is 24.6 Å². The van der Waals surface area contributed by atoms with Gasteiger partial charge in [-0.1, -0.05) is 31.4 Å². The van der Waals surface area contributed by atoms with Gasteiger partial charge in [-0.25, -0.2) is 5.48 Å². The molecular weight excluding hydrogens is 348 g/mol. The molecule has 1 saturated carbocycles. The monoisotopic (exact) mass is 376 g/mol. The van der Waals surface area contributed by atoms with Crippen LogP contribution >= 0.6 is 0 Å². The normalized spacial score (nSPS) is 16.2. The standard InChI is InChI=1S/C20H28N2O5/c23-18(22-26)12-9-15-7-10-17(11-8-15)27-14-4-13-21-19(20(24)25)16-5-2-1-3-6-16/h7-12,16,19,21,26H,1-6,13-14H2,(H,22,23)(H,24,25)/b12-9+/t19-/m0/s1. The molecule has 1 atom stereocenters. The highest BCUT2D eigenvalue weighted by atomic mass is 16.5. The highest BCUT2D eigenvalue weighted by molar-refractivity contribution is 5.90. The number of hydroxylamine groups is 1. The summed E-state index contributed by atoms with van der Waals surface area (Å²) in [6.45, 7) is 1.09. The van der Waals surface area contributed by atoms with Gasteiger partial charge in [-0.2, -0.15) is 0 Å². The van der Waals surface area contributed by atoms with E-state index in [-0.39, 0.29) is 5.92 Å². The van der Waals surface area contributed by atoms with Crippen LogP contribution < -0.4 is 15.5 Å². The Bertz CT molecular complexity index is 624. The first-order valence-corrected chi connectivity index (χ1v) is 9.41. The van der Waals surface area contributed by atoms with Crippen LogP contribution in [0, 0.1) is 5.92 Å². The Morgan fingerprint density at radius 2 is 1.89 bits per heavy atom. The number of carbonyl (C=O) groups excluding carboxylic acids is 1. The lowest BCUT2D eigenvalue weighted by molar-refractivity contribution is -0.141. The molecule has 1 aliphatic rings. The van der Waals surface area contributed by atoms with Crippen molar-refractivity contribution in [1.82, 2.24) is 10.8 Å². The van der Waals surface area contributed by atoms with Crippen molar-refractivity contribution >= 4 is 18.0 Å². The van der Waals surface area contributed by atoms with Crippen LogP contribution in [0.2, 0.25) is 0 Å². The summed E-state index contributed by atoms with van der Waals surface area (Å²) in [5.74, 6) is -0.413. The second-order valence-corrected chi connectivity index (χ2v) is 6.75. The number of carboxylic acids is 1. The van der Waals surface area contributed by atoms with E-state index >= 15 is 0 Å². The summed E-state index contributed by atoms with van der Waals surface area (Å²) >= 11 is 0. The molecular formula is C20H28N2O5. The van der Waals surface area contributed by atoms with Gasteiger partial charge in [0.1, 0.15) is 11.8 Å². The molecule has 1 aromatic carbocycles. The van der Waals surface area contributed by atoms with E-state index in [2.05, 4.69) is 5.32 Å². The minimum Gasteiger partial charge on any atom is -0.494 e. The lowest BCUT2D eigenvalue weighted by Crippen LogP contribution is -2.44. The van der Waals surface area contributed by atoms with E-state index in [4.69, 9.17) is 9.94 Å². The quantitative estimate of drug-likeness (QED) is 0.216. The number of benzene rings is 1. The molecule has 2 rings (SSSR count). The topological polar surface area (TPSA) is 108 Å². The maximum Gasteiger partial charge on any atom is 0.320 e. The highest BCUT2D eigenvalue weighted by Gasteiger charge is 2.28. The van der Waals surface area contributed by atoms with Gasteiger partial charge in [-0.15, -0.1) is 0 Å². The van der Waals surface area contributed by atoms with E-state index in [0.717, 1.165) is 37.7 Å². The average molecular weight is 376 g/mol. The van der Waals surface area contributed by atoms with Gasteiger partial charge in [0.15, 0.2) is 0 Å². The zero-order chi connectivity index (χ0) is 19.5. The summed E-state index contributed by atoms with van der Waals surface area (Å²) in [5, 5.41) is 21.0. The van der Waals surface area contributed by atoms with Gasteiger partial charge in [0, 0.05) is 6.08 Å². The molecule has 1 aromatic rings. The van der Waals surface area contributed by atoms with Gasteiger partial charge < -0.3 is 15.2 Å². The van der Waals surface area contributed by atoms with Crippen molar-refractivity contribution in [2.75, 3.05) is 13.2 Å². The van der Waals surface area contributed by atoms with Crippen LogP contribution in [0.5, 0.6) is 5.75 Å². The Hall–Kier alpha value is -2.38. The van der Waals surface area contributed by atoms with Crippen molar-refractivity contribution in [3.8, 4) is 5.75 Å². The molecule has 1 aliphatic carbocycles. The number of hydrogen-bond acceptors (Lipinski definition) is 5. The van der Waals surface area contributed by atoms with Gasteiger partial charge in [-0.05, 0) is 55.5 Å². The van der Waals surface area contributed by atoms with Gasteiger partial charge in [0.05, 0.1) is 6.61 Å². The summed E-state index contributed by atoms with van der Waals surface area (Å²) in [6, 6.07) is 6.74. The first kappa shape index (κ1) is 20.9. The van der Waals surface area contributed by atoms with Crippen molar-refractivity contribution in [1.29, 1.82) is 0 Å². The summed E-state index contributed by atoms with van der Waals surface area (Å²) in [7, 11) is 0. The number of carbonyl (C=O) groups is 2. The van der Waals surface area contributed by atoms with Crippen molar-refractivity contribution in [3.05, 3.63) is 35.9 Å². The maximum atomic E-state index is 11.5. The smallest absolute Gasteiger partial charge is 0.320 e. The number of ether oxygens (including phenoxy) is 1. The Morgan fingerprint density at radius 1 is 1.19 bits per heavy atom. The van der Waals surface area contributed by atoms with E-state index in [1.807, 2.05) is 0 Å². The van der Waals surface area contributed by atoms with Crippen molar-refractivity contribution in [2.24, 2.45) is 5.92 Å². The molecule has 0 spiro atoms. The molecule has 0 aromatic heterocycles. The fourth-order valence-electron chi connectivity index (χ4n) is 3.33. The molecule has 4 N–H and O–H groups in total. The zero-order valence-electron chi connectivity index (χ0n) is 15.4. The number of carboxylic acid groups (broad SMARTS) is 1. The second kappa shape index (κ2) is 11.4. The molecule has 7 nitrogen and oxygen atoms in total. The van der Waals surface area contributed by atoms with E-state index in [9.17, 15) is 14.7 Å². The van der Waals surface area contributed by atoms with Gasteiger partial charge in [0.2, 0.25) is 0 Å². The Kier molecular flexibility index (Phi) is 8.80. The minimum atomic E-state index is -0.763. The summed E-state index contributed by atoms with van der Waals surface area (Å²) in [4.78, 5) is 22.4. The number of nitrogens with one attached hydrogen (secondary N) is 2. The maximum absolute atomic E-state index is 11.5. The number of aliphatic carboxylic acids is 1. The van der Waals surface area contributed by atoms with E-state index in [0.29, 0.717) is 18.9 Å². The number of rotatable bonds is 10. The fourth-order valence-corrected chi connectivity index (χ4v) is 3.33. The predicted octanol–water partition coefficient (Wildman–Crippen LogP) is 2.60. The minimum absolute atomic E-state index is 0.227. The third kappa shape index (κ3) is 7.40. The molecule has 7 heteroatoms. The molecule has 1 amide bonds. The highest BCUT2D eigenvalue weighted by Crippen LogP contribution is 2.26. The molecule has 27 heavy (non-hydrogen) atoms. The van der Waals surface area contributed by atoms with E-state index < -0.39 is 17.9 Å². The van der Waals surface area contributed by atoms with Crippen molar-refractivity contribution in [3.63, 3.8) is 0 Å². The average Bonchev–Trinajstić information content (AvgIpc) is 2.70. The van der Waals surface area contributed by atoms with Crippen LogP contribution in [0.25, 0.3) is 6.08 Å². The Labute approximate surface area is 159 Å². The van der Waals surface area contributed by atoms with E-state index in [1.165, 1.54) is 18.0 Å². The molecule has 148 valence electrons. The molecule has 0 unspecified atom stereocenters. The van der Waals surface area contributed by atoms with Crippen LogP contribution in [0.1, 0.15) is 44.1 Å². The van der Waals surface area contributed by atoms with Crippen molar-refractivity contribution in [2.45, 2.75) is 44.6 Å². The summed E-state index contributed by atoms with van der Waals surface area (Å²) < 4.78 is 5.66. The summed E-state index contributed by atoms with van der Waals surface area (Å²) in [6.07, 6.45) is 8.95. The third-order valence-corrected chi connectivity index (χ3v) is 4.76. The van der Waals surface area contributed by atoms with Crippen LogP contribution in [0.3, 0.4) is 0 Å². The Balaban J connectivity index is 1.69. The van der Waals surface area contributed by atoms with Gasteiger partial charge in [0.25, 0.3) is 5.91 Å². The van der Waals surface area contributed by atoms with Gasteiger partial charge >= 0.3 is 5.97 Å². The van der Waals surface area contributed by atoms with Crippen LogP contribution in [-0.2, 0) is 9.59 Å². The van der Waals surface area contributed by atoms with Crippen LogP contribution in [0.15, 0.2) is 30.3 Å². The largest absolute Gasteiger partial charge is 0.494 e. The molecule has 0 saturated heterocycles. The van der Waals surface area contributed by atoms with Gasteiger partial charge in [-0.3, -0.25) is 14.8 Å². The zero-order valence-corrected chi connectivity index (χ0v) is 15.4. The number of hydrogen-bond donors (Lipinski definition) is 4. The number of amides is 1.